The number of thiophene rings is 1. The number of fused-ring (bicyclic) bond motifs is 1. The number of hydrogen-bond acceptors (Lipinski definition) is 4. The molecule has 2 fully saturated rings. The van der Waals surface area contributed by atoms with Crippen LogP contribution in [-0.4, -0.2) is 28.4 Å². The van der Waals surface area contributed by atoms with Crippen LogP contribution in [0.15, 0.2) is 12.1 Å². The van der Waals surface area contributed by atoms with Crippen LogP contribution >= 0.6 is 11.3 Å². The summed E-state index contributed by atoms with van der Waals surface area (Å²) in [6.45, 7) is 2.29. The van der Waals surface area contributed by atoms with Crippen molar-refractivity contribution in [3.05, 3.63) is 21.9 Å². The molecular formula is C16H17NO3S. The van der Waals surface area contributed by atoms with E-state index < -0.39 is 0 Å². The molecule has 1 saturated carbocycles. The molecule has 0 spiro atoms. The van der Waals surface area contributed by atoms with Crippen LogP contribution in [0.1, 0.15) is 29.5 Å². The zero-order valence-corrected chi connectivity index (χ0v) is 12.7. The summed E-state index contributed by atoms with van der Waals surface area (Å²) in [5.74, 6) is 5.69. The van der Waals surface area contributed by atoms with E-state index in [1.165, 1.54) is 16.2 Å². The van der Waals surface area contributed by atoms with E-state index in [-0.39, 0.29) is 30.3 Å². The molecule has 0 radical (unpaired) electrons. The van der Waals surface area contributed by atoms with Crippen LogP contribution in [0.3, 0.4) is 0 Å². The maximum Gasteiger partial charge on any atom is 0.233 e. The van der Waals surface area contributed by atoms with Crippen molar-refractivity contribution in [2.24, 2.45) is 17.8 Å². The first kappa shape index (κ1) is 14.3. The molecule has 2 aliphatic rings. The van der Waals surface area contributed by atoms with Gasteiger partial charge in [0.15, 0.2) is 0 Å². The van der Waals surface area contributed by atoms with E-state index in [9.17, 15) is 9.59 Å². The summed E-state index contributed by atoms with van der Waals surface area (Å²) in [5.41, 5.74) is 0. The molecule has 2 atom stereocenters. The third-order valence-electron chi connectivity index (χ3n) is 4.23. The van der Waals surface area contributed by atoms with Crippen LogP contribution in [0, 0.1) is 29.6 Å². The van der Waals surface area contributed by atoms with Gasteiger partial charge in [0.25, 0.3) is 0 Å². The smallest absolute Gasteiger partial charge is 0.233 e. The molecular weight excluding hydrogens is 286 g/mol. The number of rotatable bonds is 2. The van der Waals surface area contributed by atoms with Crippen LogP contribution in [0.25, 0.3) is 0 Å². The van der Waals surface area contributed by atoms with Crippen molar-refractivity contribution in [3.63, 3.8) is 0 Å². The fourth-order valence-electron chi connectivity index (χ4n) is 3.31. The lowest BCUT2D eigenvalue weighted by molar-refractivity contribution is -0.141. The van der Waals surface area contributed by atoms with Gasteiger partial charge in [0.05, 0.1) is 23.3 Å². The summed E-state index contributed by atoms with van der Waals surface area (Å²) in [6.07, 6.45) is 1.67. The maximum absolute atomic E-state index is 12.4. The molecule has 2 unspecified atom stereocenters. The highest BCUT2D eigenvalue weighted by Gasteiger charge is 2.51. The number of likely N-dealkylation sites (tertiary alicyclic amines) is 1. The second-order valence-corrected chi connectivity index (χ2v) is 6.95. The molecule has 1 N–H and O–H groups in total. The average Bonchev–Trinajstić information content (AvgIpc) is 3.11. The molecule has 1 aliphatic carbocycles. The number of carbonyl (C=O) groups is 2. The second-order valence-electron chi connectivity index (χ2n) is 5.78. The minimum absolute atomic E-state index is 0.00857. The van der Waals surface area contributed by atoms with Gasteiger partial charge in [0.1, 0.15) is 6.61 Å². The van der Waals surface area contributed by atoms with Crippen LogP contribution in [0.2, 0.25) is 0 Å². The van der Waals surface area contributed by atoms with Gasteiger partial charge in [0, 0.05) is 4.88 Å². The van der Waals surface area contributed by atoms with Gasteiger partial charge in [-0.25, -0.2) is 0 Å². The Balaban J connectivity index is 1.72. The number of nitrogens with zero attached hydrogens (tertiary/aromatic N) is 1. The summed E-state index contributed by atoms with van der Waals surface area (Å²) >= 11 is 1.46. The second kappa shape index (κ2) is 5.63. The highest BCUT2D eigenvalue weighted by molar-refractivity contribution is 7.12. The number of aliphatic hydroxyl groups excluding tert-OH is 1. The van der Waals surface area contributed by atoms with E-state index in [2.05, 4.69) is 18.8 Å². The molecule has 5 heteroatoms. The van der Waals surface area contributed by atoms with Gasteiger partial charge < -0.3 is 5.11 Å². The fraction of sp³-hybridized carbons (Fsp3) is 0.500. The Morgan fingerprint density at radius 2 is 1.95 bits per heavy atom. The Hall–Kier alpha value is -1.64. The Morgan fingerprint density at radius 1 is 1.29 bits per heavy atom. The predicted octanol–water partition coefficient (Wildman–Crippen LogP) is 1.62. The number of carbonyl (C=O) groups excluding carboxylic acids is 2. The predicted molar refractivity (Wildman–Crippen MR) is 79.2 cm³/mol. The standard InChI is InChI=1S/C16H17NO3S/c1-10-7-13-14(8-10)16(20)17(15(13)19)9-12-5-4-11(21-12)3-2-6-18/h4-5,10,13-14,18H,6-9H2,1H3. The van der Waals surface area contributed by atoms with Crippen LogP contribution in [-0.2, 0) is 16.1 Å². The molecule has 1 aromatic rings. The molecule has 2 heterocycles. The van der Waals surface area contributed by atoms with Crippen molar-refractivity contribution in [3.8, 4) is 11.8 Å². The van der Waals surface area contributed by atoms with Crippen molar-refractivity contribution in [2.75, 3.05) is 6.61 Å². The molecule has 21 heavy (non-hydrogen) atoms. The Kier molecular flexibility index (Phi) is 3.83. The number of imide groups is 1. The van der Waals surface area contributed by atoms with Gasteiger partial charge in [-0.15, -0.1) is 11.3 Å². The zero-order chi connectivity index (χ0) is 15.0. The zero-order valence-electron chi connectivity index (χ0n) is 11.8. The van der Waals surface area contributed by atoms with Crippen LogP contribution in [0.5, 0.6) is 0 Å². The number of hydrogen-bond donors (Lipinski definition) is 1. The molecule has 110 valence electrons. The van der Waals surface area contributed by atoms with Gasteiger partial charge in [-0.2, -0.15) is 0 Å². The van der Waals surface area contributed by atoms with Crippen LogP contribution in [0.4, 0.5) is 0 Å². The molecule has 3 rings (SSSR count). The summed E-state index contributed by atoms with van der Waals surface area (Å²) in [4.78, 5) is 28.0. The van der Waals surface area contributed by atoms with Crippen molar-refractivity contribution in [1.82, 2.24) is 4.90 Å². The largest absolute Gasteiger partial charge is 0.384 e. The van der Waals surface area contributed by atoms with E-state index in [0.29, 0.717) is 12.5 Å². The Morgan fingerprint density at radius 3 is 2.57 bits per heavy atom. The average molecular weight is 303 g/mol. The molecule has 1 aliphatic heterocycles. The molecule has 2 amide bonds. The summed E-state index contributed by atoms with van der Waals surface area (Å²) in [7, 11) is 0. The first-order valence-corrected chi connectivity index (χ1v) is 7.95. The summed E-state index contributed by atoms with van der Waals surface area (Å²) < 4.78 is 0. The molecule has 0 aromatic carbocycles. The van der Waals surface area contributed by atoms with Gasteiger partial charge in [-0.1, -0.05) is 18.8 Å². The SMILES string of the molecule is CC1CC2C(=O)N(Cc3ccc(C#CCO)s3)C(=O)C2C1. The van der Waals surface area contributed by atoms with Crippen LogP contribution < -0.4 is 0 Å². The molecule has 1 saturated heterocycles. The monoisotopic (exact) mass is 303 g/mol. The van der Waals surface area contributed by atoms with Gasteiger partial charge in [-0.05, 0) is 30.9 Å². The lowest BCUT2D eigenvalue weighted by atomic mass is 10.00. The highest BCUT2D eigenvalue weighted by atomic mass is 32.1. The summed E-state index contributed by atoms with van der Waals surface area (Å²) in [6, 6.07) is 3.75. The third-order valence-corrected chi connectivity index (χ3v) is 5.22. The first-order valence-electron chi connectivity index (χ1n) is 7.13. The number of amides is 2. The lowest BCUT2D eigenvalue weighted by Crippen LogP contribution is -2.31. The van der Waals surface area contributed by atoms with Gasteiger partial charge in [0.2, 0.25) is 11.8 Å². The molecule has 1 aromatic heterocycles. The van der Waals surface area contributed by atoms with Gasteiger partial charge in [-0.3, -0.25) is 14.5 Å². The van der Waals surface area contributed by atoms with E-state index in [1.807, 2.05) is 12.1 Å². The minimum atomic E-state index is -0.169. The molecule has 4 nitrogen and oxygen atoms in total. The van der Waals surface area contributed by atoms with E-state index in [0.717, 1.165) is 22.6 Å². The third kappa shape index (κ3) is 2.61. The Bertz CT molecular complexity index is 615. The normalized spacial score (nSPS) is 27.7. The number of aliphatic hydroxyl groups is 1. The van der Waals surface area contributed by atoms with Crippen molar-refractivity contribution >= 4 is 23.2 Å². The maximum atomic E-state index is 12.4. The lowest BCUT2D eigenvalue weighted by Gasteiger charge is -2.15. The molecule has 0 bridgehead atoms. The van der Waals surface area contributed by atoms with Crippen molar-refractivity contribution < 1.29 is 14.7 Å². The van der Waals surface area contributed by atoms with E-state index in [4.69, 9.17) is 5.11 Å². The fourth-order valence-corrected chi connectivity index (χ4v) is 4.19. The minimum Gasteiger partial charge on any atom is -0.384 e. The van der Waals surface area contributed by atoms with Gasteiger partial charge >= 0.3 is 0 Å². The Labute approximate surface area is 127 Å². The van der Waals surface area contributed by atoms with Crippen molar-refractivity contribution in [2.45, 2.75) is 26.3 Å². The first-order chi connectivity index (χ1) is 10.1. The van der Waals surface area contributed by atoms with E-state index >= 15 is 0 Å². The topological polar surface area (TPSA) is 57.6 Å². The quantitative estimate of drug-likeness (QED) is 0.667. The van der Waals surface area contributed by atoms with E-state index in [1.54, 1.807) is 0 Å². The highest BCUT2D eigenvalue weighted by Crippen LogP contribution is 2.43. The van der Waals surface area contributed by atoms with Crippen molar-refractivity contribution in [1.29, 1.82) is 0 Å². The summed E-state index contributed by atoms with van der Waals surface area (Å²) in [5, 5.41) is 8.68.